The van der Waals surface area contributed by atoms with E-state index in [1.807, 2.05) is 13.1 Å². The maximum atomic E-state index is 5.75. The number of fused-ring (bicyclic) bond motifs is 1. The standard InChI is InChI=1S/C15H17NO2/c1-16-10-14-4-3-13(18-14)9-11-2-5-15-12(8-11)6-7-17-15/h2-5,8,16H,6-7,9-10H2,1H3. The molecule has 0 radical (unpaired) electrons. The average molecular weight is 243 g/mol. The van der Waals surface area contributed by atoms with Crippen LogP contribution in [0.1, 0.15) is 22.6 Å². The van der Waals surface area contributed by atoms with Crippen molar-refractivity contribution in [3.63, 3.8) is 0 Å². The third-order valence-corrected chi connectivity index (χ3v) is 3.20. The molecule has 1 aliphatic heterocycles. The van der Waals surface area contributed by atoms with Crippen LogP contribution in [0.4, 0.5) is 0 Å². The van der Waals surface area contributed by atoms with Crippen molar-refractivity contribution < 1.29 is 9.15 Å². The molecule has 0 aliphatic carbocycles. The number of rotatable bonds is 4. The van der Waals surface area contributed by atoms with Crippen molar-refractivity contribution >= 4 is 0 Å². The molecule has 18 heavy (non-hydrogen) atoms. The second-order valence-corrected chi connectivity index (χ2v) is 4.62. The summed E-state index contributed by atoms with van der Waals surface area (Å²) in [7, 11) is 1.92. The lowest BCUT2D eigenvalue weighted by Crippen LogP contribution is -2.03. The van der Waals surface area contributed by atoms with Gasteiger partial charge in [-0.3, -0.25) is 0 Å². The van der Waals surface area contributed by atoms with Gasteiger partial charge in [0.1, 0.15) is 17.3 Å². The molecule has 0 amide bonds. The Morgan fingerprint density at radius 3 is 2.94 bits per heavy atom. The molecule has 3 rings (SSSR count). The Morgan fingerprint density at radius 2 is 2.06 bits per heavy atom. The van der Waals surface area contributed by atoms with E-state index >= 15 is 0 Å². The van der Waals surface area contributed by atoms with Gasteiger partial charge in [0.25, 0.3) is 0 Å². The Bertz CT molecular complexity index is 545. The zero-order valence-electron chi connectivity index (χ0n) is 10.5. The van der Waals surface area contributed by atoms with E-state index in [4.69, 9.17) is 9.15 Å². The Morgan fingerprint density at radius 1 is 1.17 bits per heavy atom. The van der Waals surface area contributed by atoms with Gasteiger partial charge < -0.3 is 14.5 Å². The van der Waals surface area contributed by atoms with Crippen LogP contribution < -0.4 is 10.1 Å². The van der Waals surface area contributed by atoms with E-state index in [2.05, 4.69) is 29.6 Å². The van der Waals surface area contributed by atoms with Crippen LogP contribution in [-0.2, 0) is 19.4 Å². The highest BCUT2D eigenvalue weighted by molar-refractivity contribution is 5.40. The molecule has 1 aliphatic rings. The van der Waals surface area contributed by atoms with E-state index in [1.54, 1.807) is 0 Å². The molecule has 1 aromatic carbocycles. The lowest BCUT2D eigenvalue weighted by Gasteiger charge is -2.02. The van der Waals surface area contributed by atoms with Crippen LogP contribution in [-0.4, -0.2) is 13.7 Å². The molecule has 0 saturated carbocycles. The third kappa shape index (κ3) is 2.27. The number of benzene rings is 1. The molecule has 0 unspecified atom stereocenters. The first kappa shape index (κ1) is 11.4. The van der Waals surface area contributed by atoms with E-state index < -0.39 is 0 Å². The highest BCUT2D eigenvalue weighted by Crippen LogP contribution is 2.27. The maximum Gasteiger partial charge on any atom is 0.122 e. The summed E-state index contributed by atoms with van der Waals surface area (Å²) in [6, 6.07) is 10.5. The van der Waals surface area contributed by atoms with Crippen LogP contribution in [0.3, 0.4) is 0 Å². The van der Waals surface area contributed by atoms with Crippen molar-refractivity contribution in [1.29, 1.82) is 0 Å². The van der Waals surface area contributed by atoms with Crippen LogP contribution in [0.5, 0.6) is 5.75 Å². The molecule has 1 N–H and O–H groups in total. The largest absolute Gasteiger partial charge is 0.493 e. The second-order valence-electron chi connectivity index (χ2n) is 4.62. The average Bonchev–Trinajstić information content (AvgIpc) is 2.98. The van der Waals surface area contributed by atoms with Crippen molar-refractivity contribution in [2.45, 2.75) is 19.4 Å². The lowest BCUT2D eigenvalue weighted by molar-refractivity contribution is 0.357. The first-order chi connectivity index (χ1) is 8.85. The van der Waals surface area contributed by atoms with E-state index in [0.717, 1.165) is 43.3 Å². The van der Waals surface area contributed by atoms with Gasteiger partial charge in [0.05, 0.1) is 13.2 Å². The SMILES string of the molecule is CNCc1ccc(Cc2ccc3c(c2)CCO3)o1. The predicted octanol–water partition coefficient (Wildman–Crippen LogP) is 2.52. The summed E-state index contributed by atoms with van der Waals surface area (Å²) < 4.78 is 11.3. The maximum absolute atomic E-state index is 5.75. The minimum Gasteiger partial charge on any atom is -0.493 e. The van der Waals surface area contributed by atoms with Gasteiger partial charge in [-0.1, -0.05) is 12.1 Å². The highest BCUT2D eigenvalue weighted by Gasteiger charge is 2.12. The van der Waals surface area contributed by atoms with Gasteiger partial charge in [-0.05, 0) is 36.4 Å². The fourth-order valence-electron chi connectivity index (χ4n) is 2.34. The summed E-state index contributed by atoms with van der Waals surface area (Å²) in [4.78, 5) is 0. The van der Waals surface area contributed by atoms with Gasteiger partial charge >= 0.3 is 0 Å². The van der Waals surface area contributed by atoms with Crippen LogP contribution in [0, 0.1) is 0 Å². The summed E-state index contributed by atoms with van der Waals surface area (Å²) in [5.74, 6) is 3.03. The Balaban J connectivity index is 1.75. The fourth-order valence-corrected chi connectivity index (χ4v) is 2.34. The zero-order valence-corrected chi connectivity index (χ0v) is 10.5. The number of hydrogen-bond acceptors (Lipinski definition) is 3. The van der Waals surface area contributed by atoms with Crippen molar-refractivity contribution in [1.82, 2.24) is 5.32 Å². The molecule has 0 bridgehead atoms. The normalized spacial score (nSPS) is 13.4. The minimum atomic E-state index is 0.776. The molecule has 2 aromatic rings. The molecule has 94 valence electrons. The van der Waals surface area contributed by atoms with Crippen molar-refractivity contribution in [2.75, 3.05) is 13.7 Å². The van der Waals surface area contributed by atoms with Gasteiger partial charge in [0, 0.05) is 12.8 Å². The van der Waals surface area contributed by atoms with Gasteiger partial charge in [0.15, 0.2) is 0 Å². The van der Waals surface area contributed by atoms with Gasteiger partial charge in [0.2, 0.25) is 0 Å². The molecule has 1 aromatic heterocycles. The highest BCUT2D eigenvalue weighted by atomic mass is 16.5. The number of furan rings is 1. The molecule has 0 saturated heterocycles. The first-order valence-corrected chi connectivity index (χ1v) is 6.32. The van der Waals surface area contributed by atoms with Gasteiger partial charge in [-0.2, -0.15) is 0 Å². The molecule has 0 spiro atoms. The third-order valence-electron chi connectivity index (χ3n) is 3.20. The second kappa shape index (κ2) is 4.86. The summed E-state index contributed by atoms with van der Waals surface area (Å²) >= 11 is 0. The van der Waals surface area contributed by atoms with Crippen molar-refractivity contribution in [2.24, 2.45) is 0 Å². The van der Waals surface area contributed by atoms with E-state index in [-0.39, 0.29) is 0 Å². The van der Waals surface area contributed by atoms with Crippen molar-refractivity contribution in [3.05, 3.63) is 53.0 Å². The first-order valence-electron chi connectivity index (χ1n) is 6.32. The van der Waals surface area contributed by atoms with Crippen LogP contribution in [0.2, 0.25) is 0 Å². The summed E-state index contributed by atoms with van der Waals surface area (Å²) in [5.41, 5.74) is 2.60. The molecule has 2 heterocycles. The topological polar surface area (TPSA) is 34.4 Å². The number of nitrogens with one attached hydrogen (secondary N) is 1. The van der Waals surface area contributed by atoms with Crippen LogP contribution in [0.15, 0.2) is 34.7 Å². The Hall–Kier alpha value is -1.74. The van der Waals surface area contributed by atoms with Gasteiger partial charge in [-0.15, -0.1) is 0 Å². The Kier molecular flexibility index (Phi) is 3.07. The summed E-state index contributed by atoms with van der Waals surface area (Å²) in [6.07, 6.45) is 1.86. The smallest absolute Gasteiger partial charge is 0.122 e. The van der Waals surface area contributed by atoms with E-state index in [1.165, 1.54) is 11.1 Å². The number of ether oxygens (including phenoxy) is 1. The summed E-state index contributed by atoms with van der Waals surface area (Å²) in [5, 5.41) is 3.08. The van der Waals surface area contributed by atoms with Crippen LogP contribution in [0.25, 0.3) is 0 Å². The Labute approximate surface area is 107 Å². The quantitative estimate of drug-likeness (QED) is 0.896. The number of hydrogen-bond donors (Lipinski definition) is 1. The lowest BCUT2D eigenvalue weighted by atomic mass is 10.1. The van der Waals surface area contributed by atoms with E-state index in [9.17, 15) is 0 Å². The fraction of sp³-hybridized carbons (Fsp3) is 0.333. The molecule has 3 nitrogen and oxygen atoms in total. The molecule has 0 fully saturated rings. The monoisotopic (exact) mass is 243 g/mol. The molecular formula is C15H17NO2. The molecule has 0 atom stereocenters. The molecule has 3 heteroatoms. The minimum absolute atomic E-state index is 0.776. The predicted molar refractivity (Wildman–Crippen MR) is 69.9 cm³/mol. The molecular weight excluding hydrogens is 226 g/mol. The van der Waals surface area contributed by atoms with Gasteiger partial charge in [-0.25, -0.2) is 0 Å². The summed E-state index contributed by atoms with van der Waals surface area (Å²) in [6.45, 7) is 1.59. The van der Waals surface area contributed by atoms with Crippen LogP contribution >= 0.6 is 0 Å². The zero-order chi connectivity index (χ0) is 12.4. The van der Waals surface area contributed by atoms with E-state index in [0.29, 0.717) is 0 Å². The van der Waals surface area contributed by atoms with Crippen molar-refractivity contribution in [3.8, 4) is 5.75 Å².